The van der Waals surface area contributed by atoms with Crippen molar-refractivity contribution < 1.29 is 29.0 Å². The van der Waals surface area contributed by atoms with Crippen LogP contribution < -0.4 is 25.6 Å². The summed E-state index contributed by atoms with van der Waals surface area (Å²) in [7, 11) is 3.46. The van der Waals surface area contributed by atoms with Gasteiger partial charge >= 0.3 is 7.12 Å². The van der Waals surface area contributed by atoms with Gasteiger partial charge in [-0.2, -0.15) is 10.2 Å². The van der Waals surface area contributed by atoms with E-state index < -0.39 is 0 Å². The first-order valence-corrected chi connectivity index (χ1v) is 25.6. The van der Waals surface area contributed by atoms with E-state index in [4.69, 9.17) is 30.4 Å². The summed E-state index contributed by atoms with van der Waals surface area (Å²) in [6.45, 7) is 8.18. The summed E-state index contributed by atoms with van der Waals surface area (Å²) in [5.74, 6) is 2.84. The molecule has 0 radical (unpaired) electrons. The van der Waals surface area contributed by atoms with Crippen LogP contribution in [0.1, 0.15) is 79.1 Å². The molecule has 6 aromatic heterocycles. The second-order valence-corrected chi connectivity index (χ2v) is 21.3. The van der Waals surface area contributed by atoms with E-state index in [-0.39, 0.29) is 42.6 Å². The van der Waals surface area contributed by atoms with E-state index in [1.807, 2.05) is 103 Å². The molecule has 1 saturated heterocycles. The minimum atomic E-state index is -0.302. The number of nitrogens with zero attached hydrogens (tertiary/aromatic N) is 8. The molecule has 366 valence electrons. The minimum Gasteiger partial charge on any atom is -0.457 e. The molecule has 3 aliphatic rings. The molecule has 2 aromatic carbocycles. The van der Waals surface area contributed by atoms with E-state index >= 15 is 0 Å². The van der Waals surface area contributed by atoms with Crippen molar-refractivity contribution in [1.82, 2.24) is 39.5 Å². The van der Waals surface area contributed by atoms with E-state index in [0.717, 1.165) is 116 Å². The monoisotopic (exact) mass is 1000 g/mol. The number of hydrogen-bond donors (Lipinski definition) is 4. The molecule has 0 bridgehead atoms. The van der Waals surface area contributed by atoms with Crippen LogP contribution in [0.2, 0.25) is 5.15 Å². The number of halogens is 1. The number of aryl methyl sites for hydroxylation is 2. The number of anilines is 2. The van der Waals surface area contributed by atoms with Gasteiger partial charge in [0.2, 0.25) is 0 Å². The van der Waals surface area contributed by atoms with Crippen molar-refractivity contribution in [1.29, 1.82) is 0 Å². The van der Waals surface area contributed by atoms with Gasteiger partial charge in [0.1, 0.15) is 28.2 Å². The standard InChI is InChI=1S/C22H23N5O2S.C18H18ClN3O2S.C10H17BN2O2/c1-27-13-14(12-24-27)19-10-16(8-9-23-19)29-15-6-7-18-21(11-15)30-22(26-18)25-17-4-2-3-5-20(17)28;19-17-10-12(7-8-20-17)24-11-5-6-14-16(9-11)25-18(22-14)21-13-3-1-2-4-15(13)23;1-9(2)10(3,4)15-11(14-9)8-6-12-13(5)7-8/h6-13,17,20,28H,2-5H2,1H3,(H,25,26);5-10,13,15,23H,1-4H2,(H,21,22);6-7H,1-5H3/t17-,20-;13-,15-;/m11./s1. The Labute approximate surface area is 420 Å². The van der Waals surface area contributed by atoms with Crippen molar-refractivity contribution in [3.8, 4) is 34.3 Å². The summed E-state index contributed by atoms with van der Waals surface area (Å²) in [6, 6.07) is 19.0. The molecule has 7 heterocycles. The van der Waals surface area contributed by atoms with Crippen molar-refractivity contribution in [3.63, 3.8) is 0 Å². The normalized spacial score (nSPS) is 20.6. The van der Waals surface area contributed by atoms with Gasteiger partial charge in [0, 0.05) is 80.4 Å². The fraction of sp³-hybridized carbons (Fsp3) is 0.400. The highest BCUT2D eigenvalue weighted by Crippen LogP contribution is 2.38. The average Bonchev–Trinajstić information content (AvgIpc) is 4.17. The molecule has 0 spiro atoms. The molecule has 2 aliphatic carbocycles. The van der Waals surface area contributed by atoms with Gasteiger partial charge < -0.3 is 39.6 Å². The summed E-state index contributed by atoms with van der Waals surface area (Å²) in [5, 5.41) is 37.5. The lowest BCUT2D eigenvalue weighted by molar-refractivity contribution is 0.00578. The predicted molar refractivity (Wildman–Crippen MR) is 278 cm³/mol. The fourth-order valence-corrected chi connectivity index (χ4v) is 10.5. The summed E-state index contributed by atoms with van der Waals surface area (Å²) >= 11 is 9.04. The molecule has 0 amide bonds. The number of ether oxygens (including phenoxy) is 2. The summed E-state index contributed by atoms with van der Waals surface area (Å²) in [6.07, 6.45) is 18.3. The first kappa shape index (κ1) is 49.3. The zero-order chi connectivity index (χ0) is 49.0. The topological polar surface area (TPSA) is 189 Å². The highest BCUT2D eigenvalue weighted by atomic mass is 35.5. The Kier molecular flexibility index (Phi) is 15.1. The molecule has 3 fully saturated rings. The third-order valence-corrected chi connectivity index (χ3v) is 15.1. The molecule has 8 aromatic rings. The van der Waals surface area contributed by atoms with Crippen LogP contribution in [-0.4, -0.2) is 92.3 Å². The van der Waals surface area contributed by atoms with Gasteiger partial charge in [0.05, 0.1) is 67.8 Å². The third kappa shape index (κ3) is 12.1. The quantitative estimate of drug-likeness (QED) is 0.0748. The van der Waals surface area contributed by atoms with E-state index in [1.54, 1.807) is 69.0 Å². The molecular weight excluding hydrogens is 947 g/mol. The minimum absolute atomic E-state index is 0.0812. The molecule has 1 aliphatic heterocycles. The van der Waals surface area contributed by atoms with Gasteiger partial charge in [-0.25, -0.2) is 15.0 Å². The Morgan fingerprint density at radius 1 is 0.657 bits per heavy atom. The van der Waals surface area contributed by atoms with Gasteiger partial charge in [-0.15, -0.1) is 0 Å². The largest absolute Gasteiger partial charge is 0.498 e. The van der Waals surface area contributed by atoms with Crippen LogP contribution in [0.4, 0.5) is 10.3 Å². The Balaban J connectivity index is 0.000000138. The maximum atomic E-state index is 10.2. The molecule has 11 rings (SSSR count). The average molecular weight is 1010 g/mol. The lowest BCUT2D eigenvalue weighted by atomic mass is 9.82. The molecule has 4 atom stereocenters. The van der Waals surface area contributed by atoms with Crippen LogP contribution in [0.3, 0.4) is 0 Å². The van der Waals surface area contributed by atoms with Crippen LogP contribution in [0.15, 0.2) is 97.8 Å². The molecule has 70 heavy (non-hydrogen) atoms. The number of aliphatic hydroxyl groups is 2. The maximum absolute atomic E-state index is 10.2. The Hall–Kier alpha value is -5.67. The molecule has 16 nitrogen and oxygen atoms in total. The highest BCUT2D eigenvalue weighted by molar-refractivity contribution is 7.22. The Morgan fingerprint density at radius 3 is 1.66 bits per heavy atom. The number of hydrogen-bond acceptors (Lipinski definition) is 16. The fourth-order valence-electron chi connectivity index (χ4n) is 8.38. The number of pyridine rings is 2. The van der Waals surface area contributed by atoms with Crippen molar-refractivity contribution >= 4 is 77.6 Å². The van der Waals surface area contributed by atoms with Gasteiger partial charge in [0.25, 0.3) is 0 Å². The van der Waals surface area contributed by atoms with Crippen molar-refractivity contribution in [2.45, 2.75) is 115 Å². The molecule has 20 heteroatoms. The number of aromatic nitrogens is 8. The zero-order valence-electron chi connectivity index (χ0n) is 40.1. The number of aliphatic hydroxyl groups excluding tert-OH is 2. The van der Waals surface area contributed by atoms with Crippen LogP contribution in [0, 0.1) is 0 Å². The first-order chi connectivity index (χ1) is 33.6. The third-order valence-electron chi connectivity index (χ3n) is 12.9. The molecular formula is C50H58BClN10O6S2. The SMILES string of the molecule is Cn1cc(-c2cc(Oc3ccc4nc(N[C@@H]5CCCC[C@H]5O)sc4c3)ccn2)cn1.Cn1cc(B2OC(C)(C)C(C)(C)O2)cn1.O[C@@H]1CCCC[C@H]1Nc1nc2ccc(Oc3ccnc(Cl)c3)cc2s1. The van der Waals surface area contributed by atoms with Gasteiger partial charge in [-0.3, -0.25) is 14.3 Å². The second kappa shape index (κ2) is 21.4. The Morgan fingerprint density at radius 2 is 1.16 bits per heavy atom. The van der Waals surface area contributed by atoms with Crippen molar-refractivity contribution in [3.05, 3.63) is 103 Å². The van der Waals surface area contributed by atoms with Crippen LogP contribution in [-0.2, 0) is 23.4 Å². The van der Waals surface area contributed by atoms with E-state index in [2.05, 4.69) is 40.8 Å². The molecule has 4 N–H and O–H groups in total. The summed E-state index contributed by atoms with van der Waals surface area (Å²) < 4.78 is 29.3. The van der Waals surface area contributed by atoms with Gasteiger partial charge in [-0.05, 0) is 89.8 Å². The lowest BCUT2D eigenvalue weighted by Crippen LogP contribution is -2.41. The first-order valence-electron chi connectivity index (χ1n) is 23.6. The van der Waals surface area contributed by atoms with Gasteiger partial charge in [-0.1, -0.05) is 60.0 Å². The number of nitrogens with one attached hydrogen (secondary N) is 2. The van der Waals surface area contributed by atoms with E-state index in [9.17, 15) is 10.2 Å². The van der Waals surface area contributed by atoms with E-state index in [0.29, 0.717) is 10.9 Å². The van der Waals surface area contributed by atoms with E-state index in [1.165, 1.54) is 0 Å². The number of rotatable bonds is 10. The smallest absolute Gasteiger partial charge is 0.457 e. The summed E-state index contributed by atoms with van der Waals surface area (Å²) in [4.78, 5) is 17.6. The van der Waals surface area contributed by atoms with Gasteiger partial charge in [0.15, 0.2) is 10.3 Å². The van der Waals surface area contributed by atoms with Crippen LogP contribution in [0.5, 0.6) is 23.0 Å². The van der Waals surface area contributed by atoms with Crippen LogP contribution in [0.25, 0.3) is 31.7 Å². The van der Waals surface area contributed by atoms with Crippen molar-refractivity contribution in [2.24, 2.45) is 14.1 Å². The summed E-state index contributed by atoms with van der Waals surface area (Å²) in [5.41, 5.74) is 4.00. The van der Waals surface area contributed by atoms with Crippen molar-refractivity contribution in [2.75, 3.05) is 10.6 Å². The highest BCUT2D eigenvalue weighted by Gasteiger charge is 2.52. The maximum Gasteiger partial charge on any atom is 0.498 e. The Bertz CT molecular complexity index is 3020. The predicted octanol–water partition coefficient (Wildman–Crippen LogP) is 10.2. The molecule has 0 unspecified atom stereocenters. The van der Waals surface area contributed by atoms with Crippen LogP contribution >= 0.6 is 34.3 Å². The second-order valence-electron chi connectivity index (χ2n) is 18.8. The lowest BCUT2D eigenvalue weighted by Gasteiger charge is -2.32. The number of fused-ring (bicyclic) bond motifs is 2. The molecule has 2 saturated carbocycles. The number of thiazole rings is 2. The number of benzene rings is 2. The zero-order valence-corrected chi connectivity index (χ0v) is 42.5.